The van der Waals surface area contributed by atoms with Crippen LogP contribution in [0.15, 0.2) is 49.2 Å². The highest BCUT2D eigenvalue weighted by molar-refractivity contribution is 7.12. The van der Waals surface area contributed by atoms with Gasteiger partial charge >= 0.3 is 6.18 Å². The van der Waals surface area contributed by atoms with Gasteiger partial charge in [0.2, 0.25) is 5.91 Å². The van der Waals surface area contributed by atoms with Crippen LogP contribution in [0, 0.1) is 0 Å². The fourth-order valence-corrected chi connectivity index (χ4v) is 6.02. The Bertz CT molecular complexity index is 1220. The molecule has 1 aliphatic carbocycles. The first-order chi connectivity index (χ1) is 15.8. The van der Waals surface area contributed by atoms with Gasteiger partial charge in [-0.2, -0.15) is 18.3 Å². The summed E-state index contributed by atoms with van der Waals surface area (Å²) in [7, 11) is 0. The van der Waals surface area contributed by atoms with Gasteiger partial charge in [0.1, 0.15) is 0 Å². The van der Waals surface area contributed by atoms with Crippen LogP contribution in [0.1, 0.15) is 58.2 Å². The summed E-state index contributed by atoms with van der Waals surface area (Å²) in [6, 6.07) is 9.42. The fourth-order valence-electron chi connectivity index (χ4n) is 4.61. The van der Waals surface area contributed by atoms with Gasteiger partial charge in [-0.3, -0.25) is 9.48 Å². The Kier molecular flexibility index (Phi) is 5.43. The summed E-state index contributed by atoms with van der Waals surface area (Å²) < 4.78 is 42.9. The number of thiophene rings is 1. The van der Waals surface area contributed by atoms with Gasteiger partial charge in [-0.1, -0.05) is 30.8 Å². The van der Waals surface area contributed by atoms with E-state index in [0.717, 1.165) is 16.0 Å². The number of alkyl halides is 3. The molecule has 0 N–H and O–H groups in total. The molecule has 5 rings (SSSR count). The Balaban J connectivity index is 1.66. The van der Waals surface area contributed by atoms with Crippen LogP contribution in [0.4, 0.5) is 13.2 Å². The molecule has 1 aromatic carbocycles. The molecule has 1 aliphatic heterocycles. The molecule has 1 fully saturated rings. The summed E-state index contributed by atoms with van der Waals surface area (Å²) in [5.74, 6) is 0.183. The monoisotopic (exact) mass is 471 g/mol. The van der Waals surface area contributed by atoms with E-state index < -0.39 is 11.9 Å². The lowest BCUT2D eigenvalue weighted by molar-refractivity contribution is -0.141. The van der Waals surface area contributed by atoms with E-state index in [-0.39, 0.29) is 17.4 Å². The Labute approximate surface area is 194 Å². The third kappa shape index (κ3) is 4.01. The fraction of sp³-hybridized carbons (Fsp3) is 0.360. The van der Waals surface area contributed by atoms with Crippen molar-refractivity contribution in [2.45, 2.75) is 50.9 Å². The average Bonchev–Trinajstić information content (AvgIpc) is 3.40. The van der Waals surface area contributed by atoms with Gasteiger partial charge in [0, 0.05) is 40.5 Å². The van der Waals surface area contributed by atoms with E-state index in [4.69, 9.17) is 0 Å². The number of hydrogen-bond acceptors (Lipinski definition) is 3. The summed E-state index contributed by atoms with van der Waals surface area (Å²) in [5.41, 5.74) is 1.61. The smallest absolute Gasteiger partial charge is 0.333 e. The first-order valence-corrected chi connectivity index (χ1v) is 11.9. The Morgan fingerprint density at radius 2 is 2.00 bits per heavy atom. The highest BCUT2D eigenvalue weighted by atomic mass is 32.1. The Morgan fingerprint density at radius 3 is 2.67 bits per heavy atom. The van der Waals surface area contributed by atoms with Crippen LogP contribution in [0.2, 0.25) is 0 Å². The zero-order valence-corrected chi connectivity index (χ0v) is 19.0. The van der Waals surface area contributed by atoms with E-state index in [0.29, 0.717) is 31.1 Å². The second kappa shape index (κ2) is 8.17. The van der Waals surface area contributed by atoms with Crippen LogP contribution in [0.5, 0.6) is 0 Å². The lowest BCUT2D eigenvalue weighted by Gasteiger charge is -2.33. The molecule has 8 heteroatoms. The predicted molar refractivity (Wildman–Crippen MR) is 122 cm³/mol. The first kappa shape index (κ1) is 21.9. The van der Waals surface area contributed by atoms with E-state index >= 15 is 0 Å². The number of aryl methyl sites for hydroxylation is 1. The van der Waals surface area contributed by atoms with E-state index in [1.165, 1.54) is 34.7 Å². The van der Waals surface area contributed by atoms with Gasteiger partial charge < -0.3 is 4.90 Å². The quantitative estimate of drug-likeness (QED) is 0.416. The summed E-state index contributed by atoms with van der Waals surface area (Å²) >= 11 is 1.73. The second-order valence-corrected chi connectivity index (χ2v) is 9.78. The zero-order valence-electron chi connectivity index (χ0n) is 18.2. The predicted octanol–water partition coefficient (Wildman–Crippen LogP) is 6.19. The molecule has 33 heavy (non-hydrogen) atoms. The van der Waals surface area contributed by atoms with Crippen molar-refractivity contribution in [2.75, 3.05) is 6.54 Å². The van der Waals surface area contributed by atoms with Crippen LogP contribution >= 0.6 is 11.3 Å². The number of amides is 1. The molecular weight excluding hydrogens is 447 g/mol. The van der Waals surface area contributed by atoms with Gasteiger partial charge in [-0.15, -0.1) is 11.3 Å². The highest BCUT2D eigenvalue weighted by Gasteiger charge is 2.39. The minimum absolute atomic E-state index is 0.0753. The number of rotatable bonds is 5. The van der Waals surface area contributed by atoms with Gasteiger partial charge in [0.25, 0.3) is 0 Å². The molecule has 172 valence electrons. The maximum atomic E-state index is 13.9. The van der Waals surface area contributed by atoms with Crippen molar-refractivity contribution in [3.8, 4) is 11.1 Å². The van der Waals surface area contributed by atoms with Crippen LogP contribution in [-0.4, -0.2) is 27.1 Å². The third-order valence-electron chi connectivity index (χ3n) is 6.42. The molecule has 0 saturated heterocycles. The topological polar surface area (TPSA) is 38.1 Å². The number of benzene rings is 1. The molecule has 3 aromatic rings. The van der Waals surface area contributed by atoms with Gasteiger partial charge in [-0.05, 0) is 54.5 Å². The maximum absolute atomic E-state index is 13.9. The number of fused-ring (bicyclic) bond motifs is 1. The lowest BCUT2D eigenvalue weighted by atomic mass is 9.83. The SMILES string of the molecule is C=CC(=O)N1Cc2sc(C3CC3)cc2C(c2ccccc2-c2cn(CC)nc2C(F)(F)F)C1. The van der Waals surface area contributed by atoms with Crippen molar-refractivity contribution in [1.29, 1.82) is 0 Å². The van der Waals surface area contributed by atoms with E-state index in [1.54, 1.807) is 35.3 Å². The van der Waals surface area contributed by atoms with Crippen LogP contribution in [-0.2, 0) is 24.1 Å². The molecule has 1 atom stereocenters. The molecular formula is C25H24F3N3OS. The number of hydrogen-bond donors (Lipinski definition) is 0. The molecule has 0 bridgehead atoms. The van der Waals surface area contributed by atoms with E-state index in [1.807, 2.05) is 12.1 Å². The molecule has 0 spiro atoms. The number of aromatic nitrogens is 2. The number of carbonyl (C=O) groups is 1. The molecule has 2 aromatic heterocycles. The van der Waals surface area contributed by atoms with Crippen LogP contribution in [0.25, 0.3) is 11.1 Å². The van der Waals surface area contributed by atoms with Crippen molar-refractivity contribution >= 4 is 17.2 Å². The van der Waals surface area contributed by atoms with E-state index in [2.05, 4.69) is 17.7 Å². The summed E-state index contributed by atoms with van der Waals surface area (Å²) in [6.45, 7) is 6.65. The second-order valence-electron chi connectivity index (χ2n) is 8.61. The number of halogens is 3. The van der Waals surface area contributed by atoms with Crippen LogP contribution < -0.4 is 0 Å². The minimum atomic E-state index is -4.56. The van der Waals surface area contributed by atoms with Crippen molar-refractivity contribution in [3.63, 3.8) is 0 Å². The lowest BCUT2D eigenvalue weighted by Crippen LogP contribution is -2.37. The maximum Gasteiger partial charge on any atom is 0.435 e. The summed E-state index contributed by atoms with van der Waals surface area (Å²) in [5, 5.41) is 3.81. The van der Waals surface area contributed by atoms with Crippen molar-refractivity contribution in [2.24, 2.45) is 0 Å². The molecule has 4 nitrogen and oxygen atoms in total. The van der Waals surface area contributed by atoms with Gasteiger partial charge in [0.05, 0.1) is 6.54 Å². The largest absolute Gasteiger partial charge is 0.435 e. The molecule has 1 saturated carbocycles. The van der Waals surface area contributed by atoms with Crippen molar-refractivity contribution in [3.05, 3.63) is 75.8 Å². The van der Waals surface area contributed by atoms with E-state index in [9.17, 15) is 18.0 Å². The Hall–Kier alpha value is -2.87. The summed E-state index contributed by atoms with van der Waals surface area (Å²) in [6.07, 6.45) is 0.548. The van der Waals surface area contributed by atoms with Gasteiger partial charge in [-0.25, -0.2) is 0 Å². The molecule has 3 heterocycles. The molecule has 1 amide bonds. The number of nitrogens with zero attached hydrogens (tertiary/aromatic N) is 3. The van der Waals surface area contributed by atoms with Crippen molar-refractivity contribution in [1.82, 2.24) is 14.7 Å². The molecule has 2 aliphatic rings. The standard InChI is InChI=1S/C25H24F3N3OS/c1-3-23(32)30-12-19(18-11-21(15-9-10-15)33-22(18)14-30)16-7-5-6-8-17(16)20-13-31(4-2)29-24(20)25(26,27)28/h3,5-8,11,13,15,19H,1,4,9-10,12,14H2,2H3. The molecule has 0 radical (unpaired) electrons. The van der Waals surface area contributed by atoms with Crippen molar-refractivity contribution < 1.29 is 18.0 Å². The minimum Gasteiger partial charge on any atom is -0.333 e. The summed E-state index contributed by atoms with van der Waals surface area (Å²) in [4.78, 5) is 16.7. The van der Waals surface area contributed by atoms with Gasteiger partial charge in [0.15, 0.2) is 5.69 Å². The molecule has 1 unspecified atom stereocenters. The first-order valence-electron chi connectivity index (χ1n) is 11.1. The number of carbonyl (C=O) groups excluding carboxylic acids is 1. The Morgan fingerprint density at radius 1 is 1.24 bits per heavy atom. The normalized spacial score (nSPS) is 18.3. The third-order valence-corrected chi connectivity index (χ3v) is 7.72. The zero-order chi connectivity index (χ0) is 23.3. The van der Waals surface area contributed by atoms with Crippen LogP contribution in [0.3, 0.4) is 0 Å². The highest BCUT2D eigenvalue weighted by Crippen LogP contribution is 2.49. The average molecular weight is 472 g/mol.